The second-order valence-corrected chi connectivity index (χ2v) is 24.1. The van der Waals surface area contributed by atoms with E-state index in [1.807, 2.05) is 0 Å². The molecule has 0 bridgehead atoms. The molecule has 1 rings (SSSR count). The summed E-state index contributed by atoms with van der Waals surface area (Å²) >= 11 is 0. The van der Waals surface area contributed by atoms with Crippen LogP contribution in [-0.2, 0) is 42.9 Å². The number of ether oxygens (including phenoxy) is 5. The summed E-state index contributed by atoms with van der Waals surface area (Å²) in [4.78, 5) is 51.5. The van der Waals surface area contributed by atoms with Crippen LogP contribution in [0.3, 0.4) is 0 Å². The average Bonchev–Trinajstić information content (AvgIpc) is 2.56. The SMILES string of the molecule is CC/C=C\C/C=C\C/C=C\C/C=C\CCCCCCCCC(=O)OCC(COC1OC(C(=O)O)C(O)C(O)C1OC(=O)CCCCCCCC/C=C\C/C=C\C/C=C\CCCCC)OC(=O)CCCCCCCCCCCCCCCCCCCCC. The molecular formula is C75H128O12. The molecule has 12 heteroatoms. The van der Waals surface area contributed by atoms with E-state index in [1.165, 1.54) is 122 Å². The molecule has 500 valence electrons. The van der Waals surface area contributed by atoms with E-state index in [1.54, 1.807) is 0 Å². The second kappa shape index (κ2) is 62.1. The number of hydrogen-bond acceptors (Lipinski definition) is 11. The molecule has 87 heavy (non-hydrogen) atoms. The second-order valence-electron chi connectivity index (χ2n) is 24.1. The summed E-state index contributed by atoms with van der Waals surface area (Å²) in [5, 5.41) is 31.7. The van der Waals surface area contributed by atoms with Gasteiger partial charge in [0.2, 0.25) is 0 Å². The Morgan fingerprint density at radius 1 is 0.391 bits per heavy atom. The van der Waals surface area contributed by atoms with E-state index in [9.17, 15) is 34.5 Å². The Balaban J connectivity index is 2.65. The molecule has 1 fully saturated rings. The molecule has 0 radical (unpaired) electrons. The van der Waals surface area contributed by atoms with Crippen molar-refractivity contribution in [3.63, 3.8) is 0 Å². The lowest BCUT2D eigenvalue weighted by Crippen LogP contribution is -2.61. The Morgan fingerprint density at radius 3 is 1.13 bits per heavy atom. The number of aliphatic hydroxyl groups excluding tert-OH is 2. The van der Waals surface area contributed by atoms with Gasteiger partial charge in [-0.05, 0) is 96.3 Å². The minimum absolute atomic E-state index is 0.0433. The van der Waals surface area contributed by atoms with Crippen LogP contribution in [0.5, 0.6) is 0 Å². The molecule has 0 aromatic rings. The number of esters is 3. The fraction of sp³-hybridized carbons (Fsp3) is 0.760. The Morgan fingerprint density at radius 2 is 0.724 bits per heavy atom. The third-order valence-electron chi connectivity index (χ3n) is 16.0. The fourth-order valence-electron chi connectivity index (χ4n) is 10.5. The van der Waals surface area contributed by atoms with Crippen molar-refractivity contribution in [2.75, 3.05) is 13.2 Å². The standard InChI is InChI=1S/C75H128O12/c1-4-7-10-13-16-19-22-25-28-31-34-37-40-43-46-49-52-55-58-61-67(76)83-64-66(85-68(77)62-59-56-53-50-47-44-41-38-35-32-29-26-23-20-17-14-11-8-5-2)65-84-75-73(71(80)70(79)72(87-75)74(81)82)86-69(78)63-60-57-54-51-48-45-42-39-36-33-30-27-24-21-18-15-12-9-6-3/h7,10,16,18-19,21,25,27-28,30,34,36-37,39,66,70-73,75,79-80H,4-6,8-9,11-15,17,20,22-24,26,29,31-33,35,38,40-65H2,1-3H3,(H,81,82)/b10-7-,19-16-,21-18-,28-25-,30-27-,37-34-,39-36-. The number of carboxylic acid groups (broad SMARTS) is 1. The zero-order valence-electron chi connectivity index (χ0n) is 55.5. The first-order chi connectivity index (χ1) is 42.6. The molecule has 0 amide bonds. The zero-order valence-corrected chi connectivity index (χ0v) is 55.5. The maximum atomic E-state index is 13.3. The van der Waals surface area contributed by atoms with Crippen molar-refractivity contribution in [1.29, 1.82) is 0 Å². The van der Waals surface area contributed by atoms with Crippen molar-refractivity contribution >= 4 is 23.9 Å². The van der Waals surface area contributed by atoms with Crippen LogP contribution in [-0.4, -0.2) is 89.2 Å². The van der Waals surface area contributed by atoms with Gasteiger partial charge in [0, 0.05) is 19.3 Å². The molecule has 1 saturated heterocycles. The lowest BCUT2D eigenvalue weighted by atomic mass is 9.98. The van der Waals surface area contributed by atoms with Crippen LogP contribution in [0.4, 0.5) is 0 Å². The number of carbonyl (C=O) groups excluding carboxylic acids is 3. The summed E-state index contributed by atoms with van der Waals surface area (Å²) in [7, 11) is 0. The van der Waals surface area contributed by atoms with Crippen LogP contribution < -0.4 is 0 Å². The van der Waals surface area contributed by atoms with Gasteiger partial charge in [0.25, 0.3) is 0 Å². The number of rotatable bonds is 61. The molecule has 3 N–H and O–H groups in total. The third-order valence-corrected chi connectivity index (χ3v) is 16.0. The first-order valence-corrected chi connectivity index (χ1v) is 35.6. The van der Waals surface area contributed by atoms with Crippen LogP contribution >= 0.6 is 0 Å². The van der Waals surface area contributed by atoms with Gasteiger partial charge in [-0.1, -0.05) is 286 Å². The van der Waals surface area contributed by atoms with Gasteiger partial charge in [0.05, 0.1) is 6.61 Å². The maximum absolute atomic E-state index is 13.3. The third kappa shape index (κ3) is 51.4. The quantitative estimate of drug-likeness (QED) is 0.0228. The topological polar surface area (TPSA) is 175 Å². The van der Waals surface area contributed by atoms with E-state index in [-0.39, 0.29) is 25.9 Å². The van der Waals surface area contributed by atoms with Gasteiger partial charge in [-0.25, -0.2) is 4.79 Å². The van der Waals surface area contributed by atoms with Gasteiger partial charge in [-0.3, -0.25) is 14.4 Å². The molecule has 1 heterocycles. The van der Waals surface area contributed by atoms with E-state index >= 15 is 0 Å². The smallest absolute Gasteiger partial charge is 0.335 e. The number of hydrogen-bond donors (Lipinski definition) is 3. The lowest BCUT2D eigenvalue weighted by molar-refractivity contribution is -0.301. The fourth-order valence-corrected chi connectivity index (χ4v) is 10.5. The summed E-state index contributed by atoms with van der Waals surface area (Å²) in [5.41, 5.74) is 0. The number of carboxylic acids is 1. The first-order valence-electron chi connectivity index (χ1n) is 35.6. The van der Waals surface area contributed by atoms with E-state index in [0.29, 0.717) is 19.3 Å². The molecular weight excluding hydrogens is 1090 g/mol. The van der Waals surface area contributed by atoms with Gasteiger partial charge < -0.3 is 39.0 Å². The van der Waals surface area contributed by atoms with Gasteiger partial charge >= 0.3 is 23.9 Å². The molecule has 0 aromatic carbocycles. The molecule has 0 aromatic heterocycles. The van der Waals surface area contributed by atoms with Crippen LogP contribution in [0.2, 0.25) is 0 Å². The van der Waals surface area contributed by atoms with Crippen LogP contribution in [0.1, 0.15) is 316 Å². The Labute approximate surface area is 531 Å². The maximum Gasteiger partial charge on any atom is 0.335 e. The predicted octanol–water partition coefficient (Wildman–Crippen LogP) is 19.8. The van der Waals surface area contributed by atoms with E-state index in [0.717, 1.165) is 135 Å². The van der Waals surface area contributed by atoms with Crippen molar-refractivity contribution < 1.29 is 58.2 Å². The minimum atomic E-state index is -1.91. The van der Waals surface area contributed by atoms with E-state index < -0.39 is 67.3 Å². The van der Waals surface area contributed by atoms with Gasteiger partial charge in [-0.2, -0.15) is 0 Å². The average molecular weight is 1220 g/mol. The monoisotopic (exact) mass is 1220 g/mol. The number of aliphatic hydroxyl groups is 2. The molecule has 1 aliphatic heterocycles. The Kier molecular flexibility index (Phi) is 57.8. The highest BCUT2D eigenvalue weighted by molar-refractivity contribution is 5.74. The molecule has 6 atom stereocenters. The molecule has 6 unspecified atom stereocenters. The Hall–Kier alpha value is -4.10. The number of aliphatic carboxylic acids is 1. The minimum Gasteiger partial charge on any atom is -0.479 e. The zero-order chi connectivity index (χ0) is 63.1. The highest BCUT2D eigenvalue weighted by atomic mass is 16.7. The lowest BCUT2D eigenvalue weighted by Gasteiger charge is -2.40. The van der Waals surface area contributed by atoms with Crippen LogP contribution in [0.15, 0.2) is 85.1 Å². The first kappa shape index (κ1) is 80.9. The summed E-state index contributed by atoms with van der Waals surface area (Å²) in [6.07, 6.45) is 69.6. The highest BCUT2D eigenvalue weighted by Crippen LogP contribution is 2.27. The highest BCUT2D eigenvalue weighted by Gasteiger charge is 2.50. The van der Waals surface area contributed by atoms with Crippen LogP contribution in [0.25, 0.3) is 0 Å². The van der Waals surface area contributed by atoms with Gasteiger partial charge in [0.1, 0.15) is 18.8 Å². The van der Waals surface area contributed by atoms with Crippen LogP contribution in [0, 0.1) is 0 Å². The van der Waals surface area contributed by atoms with Crippen molar-refractivity contribution in [2.45, 2.75) is 353 Å². The van der Waals surface area contributed by atoms with Gasteiger partial charge in [-0.15, -0.1) is 0 Å². The van der Waals surface area contributed by atoms with E-state index in [4.69, 9.17) is 23.7 Å². The molecule has 0 aliphatic carbocycles. The number of carbonyl (C=O) groups is 4. The molecule has 0 saturated carbocycles. The molecule has 1 aliphatic rings. The van der Waals surface area contributed by atoms with Crippen molar-refractivity contribution in [3.8, 4) is 0 Å². The summed E-state index contributed by atoms with van der Waals surface area (Å²) < 4.78 is 28.6. The van der Waals surface area contributed by atoms with Gasteiger partial charge in [0.15, 0.2) is 24.6 Å². The van der Waals surface area contributed by atoms with Crippen molar-refractivity contribution in [2.24, 2.45) is 0 Å². The van der Waals surface area contributed by atoms with Crippen molar-refractivity contribution in [1.82, 2.24) is 0 Å². The summed E-state index contributed by atoms with van der Waals surface area (Å²) in [6, 6.07) is 0. The predicted molar refractivity (Wildman–Crippen MR) is 358 cm³/mol. The molecule has 12 nitrogen and oxygen atoms in total. The largest absolute Gasteiger partial charge is 0.479 e. The number of unbranched alkanes of at least 4 members (excludes halogenated alkanes) is 33. The normalized spacial score (nSPS) is 17.8. The van der Waals surface area contributed by atoms with Crippen molar-refractivity contribution in [3.05, 3.63) is 85.1 Å². The number of allylic oxidation sites excluding steroid dienone is 14. The van der Waals surface area contributed by atoms with E-state index in [2.05, 4.69) is 106 Å². The summed E-state index contributed by atoms with van der Waals surface area (Å²) in [6.45, 7) is 5.89. The molecule has 0 spiro atoms. The summed E-state index contributed by atoms with van der Waals surface area (Å²) in [5.74, 6) is -3.13. The Bertz CT molecular complexity index is 1830.